The Balaban J connectivity index is 2.12. The van der Waals surface area contributed by atoms with Crippen molar-refractivity contribution in [3.63, 3.8) is 0 Å². The van der Waals surface area contributed by atoms with Crippen LogP contribution in [0.3, 0.4) is 0 Å². The maximum absolute atomic E-state index is 12.2. The fraction of sp³-hybridized carbons (Fsp3) is 0.500. The third-order valence-electron chi connectivity index (χ3n) is 3.68. The Morgan fingerprint density at radius 3 is 2.48 bits per heavy atom. The largest absolute Gasteiger partial charge is 0.444 e. The molecule has 0 bridgehead atoms. The van der Waals surface area contributed by atoms with Crippen LogP contribution in [-0.4, -0.2) is 29.7 Å². The van der Waals surface area contributed by atoms with Gasteiger partial charge in [-0.15, -0.1) is 0 Å². The van der Waals surface area contributed by atoms with E-state index in [1.165, 1.54) is 16.7 Å². The minimum atomic E-state index is -0.438. The fourth-order valence-corrected chi connectivity index (χ4v) is 2.55. The summed E-state index contributed by atoms with van der Waals surface area (Å²) < 4.78 is 5.48. The molecule has 3 nitrogen and oxygen atoms in total. The molecule has 0 spiro atoms. The molecule has 0 N–H and O–H groups in total. The van der Waals surface area contributed by atoms with Gasteiger partial charge in [0.2, 0.25) is 0 Å². The average molecular weight is 287 g/mol. The number of likely N-dealkylation sites (tertiary alicyclic amines) is 1. The highest BCUT2D eigenvalue weighted by atomic mass is 16.6. The molecule has 1 aliphatic heterocycles. The van der Waals surface area contributed by atoms with Crippen molar-refractivity contribution in [2.45, 2.75) is 46.1 Å². The molecule has 1 fully saturated rings. The first-order chi connectivity index (χ1) is 9.87. The standard InChI is InChI=1S/C18H25NO2/c1-14(15-9-6-5-7-10-15)16-11-8-12-19(13-16)17(20)21-18(2,3)4/h5-7,9-10H,8,11-13H2,1-4H3. The number of hydrogen-bond donors (Lipinski definition) is 0. The van der Waals surface area contributed by atoms with Crippen LogP contribution in [0, 0.1) is 0 Å². The van der Waals surface area contributed by atoms with Crippen LogP contribution in [0.15, 0.2) is 35.9 Å². The molecule has 0 atom stereocenters. The van der Waals surface area contributed by atoms with Crippen molar-refractivity contribution in [2.24, 2.45) is 0 Å². The monoisotopic (exact) mass is 287 g/mol. The summed E-state index contributed by atoms with van der Waals surface area (Å²) in [6.45, 7) is 9.31. The molecule has 1 heterocycles. The summed E-state index contributed by atoms with van der Waals surface area (Å²) in [5.74, 6) is 0. The molecule has 1 aromatic carbocycles. The van der Waals surface area contributed by atoms with E-state index >= 15 is 0 Å². The van der Waals surface area contributed by atoms with E-state index in [-0.39, 0.29) is 6.09 Å². The number of carbonyl (C=O) groups excluding carboxylic acids is 1. The van der Waals surface area contributed by atoms with Crippen LogP contribution < -0.4 is 0 Å². The fourth-order valence-electron chi connectivity index (χ4n) is 2.55. The van der Waals surface area contributed by atoms with E-state index in [0.29, 0.717) is 6.54 Å². The van der Waals surface area contributed by atoms with Gasteiger partial charge in [-0.3, -0.25) is 0 Å². The Morgan fingerprint density at radius 2 is 1.86 bits per heavy atom. The summed E-state index contributed by atoms with van der Waals surface area (Å²) in [6.07, 6.45) is 1.85. The van der Waals surface area contributed by atoms with Gasteiger partial charge in [-0.1, -0.05) is 30.3 Å². The SMILES string of the molecule is CC(=C1CCCN(C(=O)OC(C)(C)C)C1)c1ccccc1. The van der Waals surface area contributed by atoms with E-state index in [1.807, 2.05) is 43.9 Å². The molecule has 3 heteroatoms. The molecule has 0 aromatic heterocycles. The van der Waals surface area contributed by atoms with Gasteiger partial charge >= 0.3 is 6.09 Å². The lowest BCUT2D eigenvalue weighted by Crippen LogP contribution is -2.40. The minimum absolute atomic E-state index is 0.208. The van der Waals surface area contributed by atoms with E-state index in [0.717, 1.165) is 19.4 Å². The van der Waals surface area contributed by atoms with Gasteiger partial charge in [-0.25, -0.2) is 4.79 Å². The van der Waals surface area contributed by atoms with E-state index in [1.54, 1.807) is 0 Å². The van der Waals surface area contributed by atoms with Gasteiger partial charge in [-0.05, 0) is 57.2 Å². The van der Waals surface area contributed by atoms with Gasteiger partial charge in [0.25, 0.3) is 0 Å². The molecule has 1 amide bonds. The molecule has 0 aliphatic carbocycles. The summed E-state index contributed by atoms with van der Waals surface area (Å²) in [5, 5.41) is 0. The summed E-state index contributed by atoms with van der Waals surface area (Å²) in [5.41, 5.74) is 3.41. The summed E-state index contributed by atoms with van der Waals surface area (Å²) in [4.78, 5) is 14.0. The molecule has 0 saturated carbocycles. The maximum Gasteiger partial charge on any atom is 0.410 e. The zero-order valence-electron chi connectivity index (χ0n) is 13.5. The quantitative estimate of drug-likeness (QED) is 0.761. The number of rotatable bonds is 1. The van der Waals surface area contributed by atoms with Crippen molar-refractivity contribution < 1.29 is 9.53 Å². The van der Waals surface area contributed by atoms with Gasteiger partial charge in [-0.2, -0.15) is 0 Å². The molecule has 21 heavy (non-hydrogen) atoms. The highest BCUT2D eigenvalue weighted by Gasteiger charge is 2.25. The first-order valence-corrected chi connectivity index (χ1v) is 7.59. The highest BCUT2D eigenvalue weighted by Crippen LogP contribution is 2.26. The number of carbonyl (C=O) groups is 1. The Morgan fingerprint density at radius 1 is 1.19 bits per heavy atom. The molecular formula is C18H25NO2. The second-order valence-electron chi connectivity index (χ2n) is 6.60. The normalized spacial score (nSPS) is 18.4. The van der Waals surface area contributed by atoms with Crippen molar-refractivity contribution in [3.8, 4) is 0 Å². The van der Waals surface area contributed by atoms with Crippen molar-refractivity contribution in [3.05, 3.63) is 41.5 Å². The number of nitrogens with zero attached hydrogens (tertiary/aromatic N) is 1. The topological polar surface area (TPSA) is 29.5 Å². The Hall–Kier alpha value is -1.77. The van der Waals surface area contributed by atoms with Crippen molar-refractivity contribution in [1.82, 2.24) is 4.90 Å². The Kier molecular flexibility index (Phi) is 4.71. The van der Waals surface area contributed by atoms with Crippen LogP contribution in [-0.2, 0) is 4.74 Å². The van der Waals surface area contributed by atoms with Crippen LogP contribution in [0.5, 0.6) is 0 Å². The van der Waals surface area contributed by atoms with Crippen LogP contribution in [0.25, 0.3) is 5.57 Å². The predicted molar refractivity (Wildman–Crippen MR) is 86.1 cm³/mol. The molecule has 1 saturated heterocycles. The average Bonchev–Trinajstić information content (AvgIpc) is 2.46. The lowest BCUT2D eigenvalue weighted by molar-refractivity contribution is 0.0247. The number of hydrogen-bond acceptors (Lipinski definition) is 2. The zero-order valence-corrected chi connectivity index (χ0v) is 13.5. The molecular weight excluding hydrogens is 262 g/mol. The molecule has 0 unspecified atom stereocenters. The molecule has 114 valence electrons. The molecule has 1 aromatic rings. The molecule has 0 radical (unpaired) electrons. The third-order valence-corrected chi connectivity index (χ3v) is 3.68. The van der Waals surface area contributed by atoms with Crippen molar-refractivity contribution in [1.29, 1.82) is 0 Å². The van der Waals surface area contributed by atoms with Crippen molar-refractivity contribution in [2.75, 3.05) is 13.1 Å². The summed E-state index contributed by atoms with van der Waals surface area (Å²) in [7, 11) is 0. The van der Waals surface area contributed by atoms with E-state index in [2.05, 4.69) is 19.1 Å². The smallest absolute Gasteiger partial charge is 0.410 e. The summed E-state index contributed by atoms with van der Waals surface area (Å²) >= 11 is 0. The maximum atomic E-state index is 12.2. The first kappa shape index (κ1) is 15.6. The predicted octanol–water partition coefficient (Wildman–Crippen LogP) is 4.49. The van der Waals surface area contributed by atoms with Gasteiger partial charge in [0.1, 0.15) is 5.60 Å². The minimum Gasteiger partial charge on any atom is -0.444 e. The number of amides is 1. The number of ether oxygens (including phenoxy) is 1. The van der Waals surface area contributed by atoms with Gasteiger partial charge in [0.05, 0.1) is 0 Å². The highest BCUT2D eigenvalue weighted by molar-refractivity contribution is 5.72. The van der Waals surface area contributed by atoms with E-state index in [4.69, 9.17) is 4.74 Å². The van der Waals surface area contributed by atoms with Gasteiger partial charge in [0, 0.05) is 13.1 Å². The Labute approximate surface area is 127 Å². The van der Waals surface area contributed by atoms with Gasteiger partial charge in [0.15, 0.2) is 0 Å². The van der Waals surface area contributed by atoms with Crippen LogP contribution in [0.2, 0.25) is 0 Å². The lowest BCUT2D eigenvalue weighted by atomic mass is 9.95. The first-order valence-electron chi connectivity index (χ1n) is 7.59. The number of allylic oxidation sites excluding steroid dienone is 1. The molecule has 1 aliphatic rings. The van der Waals surface area contributed by atoms with Crippen LogP contribution in [0.1, 0.15) is 46.1 Å². The van der Waals surface area contributed by atoms with Crippen LogP contribution in [0.4, 0.5) is 4.79 Å². The third kappa shape index (κ3) is 4.35. The lowest BCUT2D eigenvalue weighted by Gasteiger charge is -2.32. The second kappa shape index (κ2) is 6.33. The van der Waals surface area contributed by atoms with Gasteiger partial charge < -0.3 is 9.64 Å². The number of benzene rings is 1. The Bertz CT molecular complexity index is 526. The zero-order chi connectivity index (χ0) is 15.5. The number of piperidine rings is 1. The van der Waals surface area contributed by atoms with E-state index < -0.39 is 5.60 Å². The summed E-state index contributed by atoms with van der Waals surface area (Å²) in [6, 6.07) is 10.4. The molecule has 2 rings (SSSR count). The van der Waals surface area contributed by atoms with Crippen molar-refractivity contribution >= 4 is 11.7 Å². The second-order valence-corrected chi connectivity index (χ2v) is 6.60. The van der Waals surface area contributed by atoms with Crippen LogP contribution >= 0.6 is 0 Å². The van der Waals surface area contributed by atoms with E-state index in [9.17, 15) is 4.79 Å².